The molecule has 0 aliphatic heterocycles. The number of hydrogen-bond donors (Lipinski definition) is 1. The van der Waals surface area contributed by atoms with E-state index in [0.717, 1.165) is 16.9 Å². The van der Waals surface area contributed by atoms with Crippen LogP contribution in [-0.4, -0.2) is 7.05 Å². The number of hydrogen-bond acceptors (Lipinski definition) is 2. The lowest BCUT2D eigenvalue weighted by Crippen LogP contribution is -2.03. The van der Waals surface area contributed by atoms with E-state index in [0.29, 0.717) is 17.9 Å². The summed E-state index contributed by atoms with van der Waals surface area (Å²) in [7, 11) is 1.85. The first-order valence-electron chi connectivity index (χ1n) is 5.62. The van der Waals surface area contributed by atoms with Crippen LogP contribution in [0.1, 0.15) is 16.9 Å². The van der Waals surface area contributed by atoms with Crippen LogP contribution in [-0.2, 0) is 6.54 Å². The fraction of sp³-hybridized carbons (Fsp3) is 0.286. The Morgan fingerprint density at radius 1 is 1.24 bits per heavy atom. The van der Waals surface area contributed by atoms with Crippen molar-refractivity contribution in [3.63, 3.8) is 0 Å². The summed E-state index contributed by atoms with van der Waals surface area (Å²) in [5, 5.41) is 3.00. The molecule has 3 heteroatoms. The summed E-state index contributed by atoms with van der Waals surface area (Å²) in [6.45, 7) is 4.42. The van der Waals surface area contributed by atoms with E-state index in [1.807, 2.05) is 39.1 Å². The average molecular weight is 233 g/mol. The largest absolute Gasteiger partial charge is 0.460 e. The summed E-state index contributed by atoms with van der Waals surface area (Å²) in [5.74, 6) is 1.17. The molecule has 0 atom stereocenters. The molecule has 1 aromatic carbocycles. The Balaban J connectivity index is 2.45. The lowest BCUT2D eigenvalue weighted by Gasteiger charge is -2.06. The number of rotatable bonds is 3. The zero-order chi connectivity index (χ0) is 12.4. The molecule has 0 saturated carbocycles. The molecule has 0 radical (unpaired) electrons. The lowest BCUT2D eigenvalue weighted by atomic mass is 10.0. The third-order valence-corrected chi connectivity index (χ3v) is 2.69. The van der Waals surface area contributed by atoms with E-state index >= 15 is 0 Å². The van der Waals surface area contributed by atoms with E-state index in [4.69, 9.17) is 4.42 Å². The van der Waals surface area contributed by atoms with Crippen molar-refractivity contribution in [2.24, 2.45) is 0 Å². The van der Waals surface area contributed by atoms with Crippen molar-refractivity contribution in [2.75, 3.05) is 7.05 Å². The summed E-state index contributed by atoms with van der Waals surface area (Å²) in [4.78, 5) is 0. The predicted molar refractivity (Wildman–Crippen MR) is 66.3 cm³/mol. The van der Waals surface area contributed by atoms with Crippen LogP contribution in [0.15, 0.2) is 28.7 Å². The Labute approximate surface area is 100 Å². The van der Waals surface area contributed by atoms with Gasteiger partial charge in [0.05, 0.1) is 12.1 Å². The van der Waals surface area contributed by atoms with Crippen molar-refractivity contribution < 1.29 is 8.81 Å². The first kappa shape index (κ1) is 11.9. The number of furan rings is 1. The van der Waals surface area contributed by atoms with Crippen LogP contribution in [0.3, 0.4) is 0 Å². The number of nitrogens with one attached hydrogen (secondary N) is 1. The molecule has 0 bridgehead atoms. The summed E-state index contributed by atoms with van der Waals surface area (Å²) in [6, 6.07) is 7.17. The van der Waals surface area contributed by atoms with Crippen molar-refractivity contribution in [3.8, 4) is 11.3 Å². The average Bonchev–Trinajstić information content (AvgIpc) is 2.65. The molecule has 1 N–H and O–H groups in total. The van der Waals surface area contributed by atoms with Gasteiger partial charge in [0.15, 0.2) is 0 Å². The lowest BCUT2D eigenvalue weighted by molar-refractivity contribution is 0.502. The van der Waals surface area contributed by atoms with Crippen LogP contribution >= 0.6 is 0 Å². The molecule has 1 heterocycles. The van der Waals surface area contributed by atoms with Gasteiger partial charge in [0.25, 0.3) is 0 Å². The first-order valence-corrected chi connectivity index (χ1v) is 5.62. The monoisotopic (exact) mass is 233 g/mol. The SMILES string of the molecule is CNCc1ccc(-c2c(C)cc(C)cc2F)o1. The number of halogens is 1. The van der Waals surface area contributed by atoms with E-state index in [2.05, 4.69) is 5.32 Å². The quantitative estimate of drug-likeness (QED) is 0.878. The Bertz CT molecular complexity index is 508. The van der Waals surface area contributed by atoms with Gasteiger partial charge in [-0.2, -0.15) is 0 Å². The fourth-order valence-electron chi connectivity index (χ4n) is 2.01. The summed E-state index contributed by atoms with van der Waals surface area (Å²) in [6.07, 6.45) is 0. The van der Waals surface area contributed by atoms with Crippen molar-refractivity contribution in [1.29, 1.82) is 0 Å². The molecule has 2 nitrogen and oxygen atoms in total. The summed E-state index contributed by atoms with van der Waals surface area (Å²) < 4.78 is 19.5. The normalized spacial score (nSPS) is 10.8. The van der Waals surface area contributed by atoms with Gasteiger partial charge in [0.2, 0.25) is 0 Å². The van der Waals surface area contributed by atoms with E-state index in [1.165, 1.54) is 6.07 Å². The van der Waals surface area contributed by atoms with Crippen LogP contribution in [0, 0.1) is 19.7 Å². The molecule has 0 aliphatic rings. The predicted octanol–water partition coefficient (Wildman–Crippen LogP) is 3.42. The van der Waals surface area contributed by atoms with E-state index in [9.17, 15) is 4.39 Å². The van der Waals surface area contributed by atoms with Crippen molar-refractivity contribution in [1.82, 2.24) is 5.32 Å². The maximum atomic E-state index is 13.9. The highest BCUT2D eigenvalue weighted by Crippen LogP contribution is 2.29. The van der Waals surface area contributed by atoms with Crippen LogP contribution in [0.2, 0.25) is 0 Å². The topological polar surface area (TPSA) is 25.2 Å². The van der Waals surface area contributed by atoms with Crippen LogP contribution in [0.4, 0.5) is 4.39 Å². The zero-order valence-electron chi connectivity index (χ0n) is 10.3. The molecule has 0 spiro atoms. The highest BCUT2D eigenvalue weighted by atomic mass is 19.1. The third-order valence-electron chi connectivity index (χ3n) is 2.69. The van der Waals surface area contributed by atoms with Gasteiger partial charge in [-0.1, -0.05) is 6.07 Å². The first-order chi connectivity index (χ1) is 8.11. The van der Waals surface area contributed by atoms with Crippen LogP contribution < -0.4 is 5.32 Å². The Morgan fingerprint density at radius 2 is 2.00 bits per heavy atom. The van der Waals surface area contributed by atoms with Crippen LogP contribution in [0.25, 0.3) is 11.3 Å². The maximum Gasteiger partial charge on any atom is 0.137 e. The minimum Gasteiger partial charge on any atom is -0.460 e. The van der Waals surface area contributed by atoms with E-state index in [-0.39, 0.29) is 5.82 Å². The summed E-state index contributed by atoms with van der Waals surface area (Å²) in [5.41, 5.74) is 2.37. The second kappa shape index (κ2) is 4.72. The highest BCUT2D eigenvalue weighted by Gasteiger charge is 2.13. The highest BCUT2D eigenvalue weighted by molar-refractivity contribution is 5.63. The Hall–Kier alpha value is -1.61. The standard InChI is InChI=1S/C14H16FNO/c1-9-6-10(2)14(12(15)7-9)13-5-4-11(17-13)8-16-3/h4-7,16H,8H2,1-3H3. The molecule has 0 unspecified atom stereocenters. The van der Waals surface area contributed by atoms with Crippen molar-refractivity contribution >= 4 is 0 Å². The molecule has 0 saturated heterocycles. The maximum absolute atomic E-state index is 13.9. The second-order valence-electron chi connectivity index (χ2n) is 4.23. The van der Waals surface area contributed by atoms with Gasteiger partial charge in [-0.25, -0.2) is 4.39 Å². The minimum absolute atomic E-state index is 0.229. The molecular weight excluding hydrogens is 217 g/mol. The van der Waals surface area contributed by atoms with Gasteiger partial charge in [0, 0.05) is 0 Å². The third kappa shape index (κ3) is 2.39. The smallest absolute Gasteiger partial charge is 0.137 e. The molecule has 2 rings (SSSR count). The molecular formula is C14H16FNO. The fourth-order valence-corrected chi connectivity index (χ4v) is 2.01. The van der Waals surface area contributed by atoms with Gasteiger partial charge >= 0.3 is 0 Å². The van der Waals surface area contributed by atoms with Gasteiger partial charge < -0.3 is 9.73 Å². The number of benzene rings is 1. The number of aryl methyl sites for hydroxylation is 2. The molecule has 17 heavy (non-hydrogen) atoms. The minimum atomic E-state index is -0.229. The second-order valence-corrected chi connectivity index (χ2v) is 4.23. The molecule has 0 amide bonds. The molecule has 2 aromatic rings. The van der Waals surface area contributed by atoms with Crippen LogP contribution in [0.5, 0.6) is 0 Å². The molecule has 0 aliphatic carbocycles. The molecule has 1 aromatic heterocycles. The zero-order valence-corrected chi connectivity index (χ0v) is 10.3. The van der Waals surface area contributed by atoms with Crippen molar-refractivity contribution in [3.05, 3.63) is 47.0 Å². The van der Waals surface area contributed by atoms with E-state index in [1.54, 1.807) is 0 Å². The Morgan fingerprint density at radius 3 is 2.65 bits per heavy atom. The molecule has 90 valence electrons. The van der Waals surface area contributed by atoms with E-state index < -0.39 is 0 Å². The van der Waals surface area contributed by atoms with Gasteiger partial charge in [0.1, 0.15) is 17.3 Å². The summed E-state index contributed by atoms with van der Waals surface area (Å²) >= 11 is 0. The van der Waals surface area contributed by atoms with Crippen molar-refractivity contribution in [2.45, 2.75) is 20.4 Å². The Kier molecular flexibility index (Phi) is 3.29. The molecule has 0 fully saturated rings. The van der Waals surface area contributed by atoms with Gasteiger partial charge in [-0.05, 0) is 50.2 Å². The van der Waals surface area contributed by atoms with Gasteiger partial charge in [-0.3, -0.25) is 0 Å². The van der Waals surface area contributed by atoms with Gasteiger partial charge in [-0.15, -0.1) is 0 Å².